The van der Waals surface area contributed by atoms with Crippen LogP contribution in [0.3, 0.4) is 0 Å². The van der Waals surface area contributed by atoms with Crippen LogP contribution in [0.1, 0.15) is 65.7 Å². The minimum Gasteiger partial charge on any atom is -0.300 e. The zero-order valence-corrected chi connectivity index (χ0v) is 16.3. The van der Waals surface area contributed by atoms with E-state index >= 15 is 0 Å². The Kier molecular flexibility index (Phi) is 5.55. The van der Waals surface area contributed by atoms with Crippen molar-refractivity contribution in [3.05, 3.63) is 11.5 Å². The second kappa shape index (κ2) is 7.33. The lowest BCUT2D eigenvalue weighted by Gasteiger charge is -2.37. The first-order chi connectivity index (χ1) is 11.4. The third-order valence-corrected chi connectivity index (χ3v) is 7.49. The first kappa shape index (κ1) is 18.2. The SMILES string of the molecule is C=C(C)S/N=C(\C)C1CCN([C@H]2CC3CCCC3(C(C)=O)C2)CC1. The molecule has 3 nitrogen and oxygen atoms in total. The van der Waals surface area contributed by atoms with Gasteiger partial charge in [-0.3, -0.25) is 4.79 Å². The molecule has 2 aliphatic carbocycles. The Morgan fingerprint density at radius 3 is 2.50 bits per heavy atom. The van der Waals surface area contributed by atoms with E-state index in [0.717, 1.165) is 17.7 Å². The van der Waals surface area contributed by atoms with Crippen molar-refractivity contribution in [3.8, 4) is 0 Å². The maximum Gasteiger partial charge on any atom is 0.136 e. The molecule has 0 aromatic carbocycles. The molecule has 0 spiro atoms. The van der Waals surface area contributed by atoms with Crippen molar-refractivity contribution in [2.45, 2.75) is 71.8 Å². The van der Waals surface area contributed by atoms with E-state index in [1.165, 1.54) is 62.9 Å². The van der Waals surface area contributed by atoms with Crippen LogP contribution in [0.2, 0.25) is 0 Å². The fourth-order valence-corrected chi connectivity index (χ4v) is 5.83. The van der Waals surface area contributed by atoms with Crippen LogP contribution in [0, 0.1) is 17.3 Å². The number of hydrogen-bond acceptors (Lipinski definition) is 4. The third-order valence-electron chi connectivity index (χ3n) is 6.80. The Balaban J connectivity index is 1.55. The van der Waals surface area contributed by atoms with Crippen molar-refractivity contribution in [1.29, 1.82) is 0 Å². The number of allylic oxidation sites excluding steroid dienone is 1. The molecule has 0 aromatic heterocycles. The van der Waals surface area contributed by atoms with Gasteiger partial charge in [0.05, 0.1) is 0 Å². The molecule has 1 saturated heterocycles. The molecule has 3 aliphatic rings. The molecule has 24 heavy (non-hydrogen) atoms. The molecule has 1 aliphatic heterocycles. The summed E-state index contributed by atoms with van der Waals surface area (Å²) >= 11 is 1.52. The fourth-order valence-electron chi connectivity index (χ4n) is 5.38. The van der Waals surface area contributed by atoms with Gasteiger partial charge < -0.3 is 4.90 Å². The maximum atomic E-state index is 12.3. The third kappa shape index (κ3) is 3.50. The van der Waals surface area contributed by atoms with E-state index in [4.69, 9.17) is 0 Å². The summed E-state index contributed by atoms with van der Waals surface area (Å²) in [5.41, 5.74) is 1.31. The van der Waals surface area contributed by atoms with Gasteiger partial charge in [0, 0.05) is 35.0 Å². The van der Waals surface area contributed by atoms with Crippen molar-refractivity contribution in [2.24, 2.45) is 21.6 Å². The molecule has 2 saturated carbocycles. The normalized spacial score (nSPS) is 35.2. The zero-order valence-electron chi connectivity index (χ0n) is 15.5. The average molecular weight is 349 g/mol. The summed E-state index contributed by atoms with van der Waals surface area (Å²) in [5.74, 6) is 1.74. The van der Waals surface area contributed by atoms with Gasteiger partial charge in [-0.1, -0.05) is 13.0 Å². The minimum atomic E-state index is 0.0387. The van der Waals surface area contributed by atoms with E-state index in [-0.39, 0.29) is 5.41 Å². The van der Waals surface area contributed by atoms with Crippen molar-refractivity contribution in [1.82, 2.24) is 4.90 Å². The lowest BCUT2D eigenvalue weighted by molar-refractivity contribution is -0.127. The predicted octanol–water partition coefficient (Wildman–Crippen LogP) is 4.88. The Labute approximate surface area is 151 Å². The van der Waals surface area contributed by atoms with Crippen molar-refractivity contribution < 1.29 is 4.79 Å². The molecule has 0 N–H and O–H groups in total. The number of nitrogens with zero attached hydrogens (tertiary/aromatic N) is 2. The van der Waals surface area contributed by atoms with Crippen molar-refractivity contribution in [2.75, 3.05) is 13.1 Å². The van der Waals surface area contributed by atoms with Gasteiger partial charge in [0.2, 0.25) is 0 Å². The van der Waals surface area contributed by atoms with Crippen LogP contribution >= 0.6 is 11.9 Å². The van der Waals surface area contributed by atoms with Crippen LogP contribution in [0.5, 0.6) is 0 Å². The average Bonchev–Trinajstić information content (AvgIpc) is 3.11. The summed E-state index contributed by atoms with van der Waals surface area (Å²) in [5, 5.41) is 0. The van der Waals surface area contributed by atoms with E-state index in [1.807, 2.05) is 13.8 Å². The Hall–Kier alpha value is -0.610. The highest BCUT2D eigenvalue weighted by Gasteiger charge is 2.54. The number of ketones is 1. The Morgan fingerprint density at radius 1 is 1.21 bits per heavy atom. The second-order valence-electron chi connectivity index (χ2n) is 8.23. The van der Waals surface area contributed by atoms with Crippen LogP contribution < -0.4 is 0 Å². The van der Waals surface area contributed by atoms with Crippen LogP contribution in [0.25, 0.3) is 0 Å². The molecular formula is C20H32N2OS. The highest BCUT2D eigenvalue weighted by molar-refractivity contribution is 8.01. The summed E-state index contributed by atoms with van der Waals surface area (Å²) in [4.78, 5) is 16.0. The molecule has 3 atom stereocenters. The van der Waals surface area contributed by atoms with Crippen LogP contribution in [0.15, 0.2) is 15.9 Å². The number of carbonyl (C=O) groups excluding carboxylic acids is 1. The van der Waals surface area contributed by atoms with Gasteiger partial charge in [-0.05, 0) is 83.2 Å². The molecule has 3 fully saturated rings. The standard InChI is InChI=1S/C20H32N2OS/c1-14(2)24-21-15(3)17-7-10-22(11-8-17)19-12-18-6-5-9-20(18,13-19)16(4)23/h17-19H,1,5-13H2,2-4H3/b21-15+/t18?,19-,20?/m0/s1. The maximum absolute atomic E-state index is 12.3. The lowest BCUT2D eigenvalue weighted by Crippen LogP contribution is -2.42. The van der Waals surface area contributed by atoms with Gasteiger partial charge in [-0.2, -0.15) is 0 Å². The monoisotopic (exact) mass is 348 g/mol. The molecule has 0 aromatic rings. The van der Waals surface area contributed by atoms with Crippen LogP contribution in [-0.2, 0) is 4.79 Å². The van der Waals surface area contributed by atoms with Gasteiger partial charge in [-0.15, -0.1) is 0 Å². The number of Topliss-reactive ketones (excluding diaryl/α,β-unsaturated/α-hetero) is 1. The fraction of sp³-hybridized carbons (Fsp3) is 0.800. The van der Waals surface area contributed by atoms with Gasteiger partial charge in [0.1, 0.15) is 5.78 Å². The first-order valence-corrected chi connectivity index (χ1v) is 10.3. The molecule has 0 radical (unpaired) electrons. The number of carbonyl (C=O) groups is 1. The minimum absolute atomic E-state index is 0.0387. The van der Waals surface area contributed by atoms with Gasteiger partial charge in [0.15, 0.2) is 0 Å². The molecular weight excluding hydrogens is 316 g/mol. The largest absolute Gasteiger partial charge is 0.300 e. The number of fused-ring (bicyclic) bond motifs is 1. The van der Waals surface area contributed by atoms with E-state index in [9.17, 15) is 4.79 Å². The summed E-state index contributed by atoms with van der Waals surface area (Å²) in [6.45, 7) is 12.3. The second-order valence-corrected chi connectivity index (χ2v) is 9.29. The molecule has 1 heterocycles. The molecule has 3 rings (SSSR count). The molecule has 0 amide bonds. The number of likely N-dealkylation sites (tertiary alicyclic amines) is 1. The van der Waals surface area contributed by atoms with Crippen molar-refractivity contribution in [3.63, 3.8) is 0 Å². The quantitative estimate of drug-likeness (QED) is 0.524. The molecule has 0 bridgehead atoms. The molecule has 2 unspecified atom stereocenters. The van der Waals surface area contributed by atoms with Gasteiger partial charge >= 0.3 is 0 Å². The van der Waals surface area contributed by atoms with Crippen LogP contribution in [0.4, 0.5) is 0 Å². The van der Waals surface area contributed by atoms with E-state index < -0.39 is 0 Å². The van der Waals surface area contributed by atoms with Crippen molar-refractivity contribution >= 4 is 23.4 Å². The summed E-state index contributed by atoms with van der Waals surface area (Å²) in [6.07, 6.45) is 8.47. The number of piperidine rings is 1. The number of rotatable bonds is 5. The highest BCUT2D eigenvalue weighted by Crippen LogP contribution is 2.56. The van der Waals surface area contributed by atoms with Crippen LogP contribution in [-0.4, -0.2) is 35.5 Å². The predicted molar refractivity (Wildman–Crippen MR) is 103 cm³/mol. The van der Waals surface area contributed by atoms with Gasteiger partial charge in [0.25, 0.3) is 0 Å². The summed E-state index contributed by atoms with van der Waals surface area (Å²) in [7, 11) is 0. The lowest BCUT2D eigenvalue weighted by atomic mass is 9.77. The van der Waals surface area contributed by atoms with E-state index in [1.54, 1.807) is 0 Å². The summed E-state index contributed by atoms with van der Waals surface area (Å²) in [6, 6.07) is 0.641. The topological polar surface area (TPSA) is 32.7 Å². The zero-order chi connectivity index (χ0) is 17.3. The smallest absolute Gasteiger partial charge is 0.136 e. The highest BCUT2D eigenvalue weighted by atomic mass is 32.2. The van der Waals surface area contributed by atoms with E-state index in [0.29, 0.717) is 23.7 Å². The summed E-state index contributed by atoms with van der Waals surface area (Å²) < 4.78 is 4.62. The Bertz CT molecular complexity index is 536. The number of hydrogen-bond donors (Lipinski definition) is 0. The Morgan fingerprint density at radius 2 is 1.92 bits per heavy atom. The molecule has 134 valence electrons. The molecule has 4 heteroatoms. The van der Waals surface area contributed by atoms with Gasteiger partial charge in [-0.25, -0.2) is 4.40 Å². The first-order valence-electron chi connectivity index (χ1n) is 9.54. The van der Waals surface area contributed by atoms with E-state index in [2.05, 4.69) is 22.8 Å².